The van der Waals surface area contributed by atoms with Crippen LogP contribution in [0.25, 0.3) is 10.9 Å². The van der Waals surface area contributed by atoms with E-state index in [2.05, 4.69) is 25.9 Å². The van der Waals surface area contributed by atoms with Crippen LogP contribution in [0.15, 0.2) is 16.6 Å². The van der Waals surface area contributed by atoms with Crippen molar-refractivity contribution in [1.29, 1.82) is 0 Å². The van der Waals surface area contributed by atoms with Gasteiger partial charge in [0.25, 0.3) is 0 Å². The van der Waals surface area contributed by atoms with Gasteiger partial charge >= 0.3 is 0 Å². The van der Waals surface area contributed by atoms with Crippen LogP contribution >= 0.6 is 27.5 Å². The Bertz CT molecular complexity index is 532. The molecule has 2 N–H and O–H groups in total. The highest BCUT2D eigenvalue weighted by atomic mass is 79.9. The molecule has 0 aliphatic rings. The van der Waals surface area contributed by atoms with Gasteiger partial charge in [-0.05, 0) is 39.7 Å². The Kier molecular flexibility index (Phi) is 2.67. The molecule has 0 saturated heterocycles. The van der Waals surface area contributed by atoms with E-state index >= 15 is 0 Å². The van der Waals surface area contributed by atoms with Crippen molar-refractivity contribution in [2.45, 2.75) is 0 Å². The Balaban J connectivity index is 2.93. The summed E-state index contributed by atoms with van der Waals surface area (Å²) in [6.07, 6.45) is 0. The molecule has 1 aromatic heterocycles. The van der Waals surface area contributed by atoms with Crippen molar-refractivity contribution in [1.82, 2.24) is 9.97 Å². The SMILES string of the molecule is COc1ccc(Br)c2nc(Cl)nc(N)c12. The average Bonchev–Trinajstić information content (AvgIpc) is 2.19. The van der Waals surface area contributed by atoms with Gasteiger partial charge in [0.05, 0.1) is 18.0 Å². The molecule has 0 spiro atoms. The Morgan fingerprint density at radius 1 is 1.40 bits per heavy atom. The molecular weight excluding hydrogens is 281 g/mol. The molecule has 0 bridgehead atoms. The second-order valence-corrected chi connectivity index (χ2v) is 4.04. The number of halogens is 2. The summed E-state index contributed by atoms with van der Waals surface area (Å²) in [5.41, 5.74) is 6.41. The number of nitrogens with two attached hydrogens (primary N) is 1. The van der Waals surface area contributed by atoms with E-state index in [0.717, 1.165) is 4.47 Å². The summed E-state index contributed by atoms with van der Waals surface area (Å²) in [5.74, 6) is 0.936. The molecule has 4 nitrogen and oxygen atoms in total. The van der Waals surface area contributed by atoms with Crippen molar-refractivity contribution in [3.8, 4) is 5.75 Å². The maximum Gasteiger partial charge on any atom is 0.224 e. The minimum absolute atomic E-state index is 0.119. The zero-order chi connectivity index (χ0) is 11.0. The van der Waals surface area contributed by atoms with Crippen molar-refractivity contribution in [3.63, 3.8) is 0 Å². The van der Waals surface area contributed by atoms with Gasteiger partial charge in [0.1, 0.15) is 11.6 Å². The van der Waals surface area contributed by atoms with E-state index in [1.54, 1.807) is 13.2 Å². The summed E-state index contributed by atoms with van der Waals surface area (Å²) in [5, 5.41) is 0.783. The van der Waals surface area contributed by atoms with Crippen LogP contribution in [0.5, 0.6) is 5.75 Å². The highest BCUT2D eigenvalue weighted by molar-refractivity contribution is 9.10. The number of benzene rings is 1. The van der Waals surface area contributed by atoms with Gasteiger partial charge in [0.15, 0.2) is 0 Å². The highest BCUT2D eigenvalue weighted by Gasteiger charge is 2.11. The Hall–Kier alpha value is -1.07. The standard InChI is InChI=1S/C9H7BrClN3O/c1-15-5-3-2-4(10)7-6(5)8(12)14-9(11)13-7/h2-3H,1H3,(H2,12,13,14). The van der Waals surface area contributed by atoms with E-state index in [9.17, 15) is 0 Å². The lowest BCUT2D eigenvalue weighted by Gasteiger charge is -2.08. The van der Waals surface area contributed by atoms with Crippen molar-refractivity contribution in [2.24, 2.45) is 0 Å². The van der Waals surface area contributed by atoms with E-state index in [-0.39, 0.29) is 5.28 Å². The topological polar surface area (TPSA) is 61.0 Å². The Morgan fingerprint density at radius 3 is 2.80 bits per heavy atom. The van der Waals surface area contributed by atoms with Crippen LogP contribution in [0.3, 0.4) is 0 Å². The highest BCUT2D eigenvalue weighted by Crippen LogP contribution is 2.33. The summed E-state index contributed by atoms with van der Waals surface area (Å²) in [6.45, 7) is 0. The van der Waals surface area contributed by atoms with Crippen LogP contribution in [-0.4, -0.2) is 17.1 Å². The smallest absolute Gasteiger partial charge is 0.224 e. The van der Waals surface area contributed by atoms with Gasteiger partial charge in [-0.25, -0.2) is 9.97 Å². The molecule has 6 heteroatoms. The van der Waals surface area contributed by atoms with Crippen molar-refractivity contribution in [3.05, 3.63) is 21.9 Å². The predicted octanol–water partition coefficient (Wildman–Crippen LogP) is 2.64. The Labute approximate surface area is 99.5 Å². The molecule has 0 amide bonds. The van der Waals surface area contributed by atoms with Crippen LogP contribution < -0.4 is 10.5 Å². The molecule has 1 heterocycles. The number of rotatable bonds is 1. The fraction of sp³-hybridized carbons (Fsp3) is 0.111. The lowest BCUT2D eigenvalue weighted by molar-refractivity contribution is 0.419. The number of methoxy groups -OCH3 is 1. The van der Waals surface area contributed by atoms with Crippen LogP contribution in [0.2, 0.25) is 5.28 Å². The number of aromatic nitrogens is 2. The van der Waals surface area contributed by atoms with Gasteiger partial charge in [0.2, 0.25) is 5.28 Å². The molecule has 0 fully saturated rings. The number of nitrogens with zero attached hydrogens (tertiary/aromatic N) is 2. The second kappa shape index (κ2) is 3.83. The number of ether oxygens (including phenoxy) is 1. The molecular formula is C9H7BrClN3O. The molecule has 2 rings (SSSR count). The molecule has 0 aliphatic heterocycles. The number of hydrogen-bond acceptors (Lipinski definition) is 4. The third-order valence-electron chi connectivity index (χ3n) is 1.98. The van der Waals surface area contributed by atoms with Gasteiger partial charge in [-0.2, -0.15) is 0 Å². The zero-order valence-corrected chi connectivity index (χ0v) is 10.1. The molecule has 0 unspecified atom stereocenters. The molecule has 0 atom stereocenters. The molecule has 1 aromatic carbocycles. The number of hydrogen-bond donors (Lipinski definition) is 1. The first-order chi connectivity index (χ1) is 7.13. The summed E-state index contributed by atoms with van der Waals surface area (Å²) >= 11 is 9.10. The lowest BCUT2D eigenvalue weighted by atomic mass is 10.2. The summed E-state index contributed by atoms with van der Waals surface area (Å²) in [6, 6.07) is 3.62. The third kappa shape index (κ3) is 1.72. The molecule has 78 valence electrons. The summed E-state index contributed by atoms with van der Waals surface area (Å²) in [4.78, 5) is 7.97. The fourth-order valence-corrected chi connectivity index (χ4v) is 1.94. The monoisotopic (exact) mass is 287 g/mol. The number of fused-ring (bicyclic) bond motifs is 1. The lowest BCUT2D eigenvalue weighted by Crippen LogP contribution is -1.97. The van der Waals surface area contributed by atoms with Crippen molar-refractivity contribution in [2.75, 3.05) is 12.8 Å². The van der Waals surface area contributed by atoms with Gasteiger partial charge in [-0.3, -0.25) is 0 Å². The summed E-state index contributed by atoms with van der Waals surface area (Å²) in [7, 11) is 1.57. The first-order valence-corrected chi connectivity index (χ1v) is 5.26. The van der Waals surface area contributed by atoms with E-state index in [1.165, 1.54) is 0 Å². The third-order valence-corrected chi connectivity index (χ3v) is 2.79. The molecule has 0 radical (unpaired) electrons. The molecule has 2 aromatic rings. The largest absolute Gasteiger partial charge is 0.496 e. The van der Waals surface area contributed by atoms with Crippen LogP contribution in [0, 0.1) is 0 Å². The molecule has 0 saturated carbocycles. The zero-order valence-electron chi connectivity index (χ0n) is 7.79. The van der Waals surface area contributed by atoms with Crippen LogP contribution in [0.1, 0.15) is 0 Å². The quantitative estimate of drug-likeness (QED) is 0.820. The fourth-order valence-electron chi connectivity index (χ4n) is 1.35. The van der Waals surface area contributed by atoms with Gasteiger partial charge in [-0.15, -0.1) is 0 Å². The van der Waals surface area contributed by atoms with Gasteiger partial charge in [-0.1, -0.05) is 0 Å². The van der Waals surface area contributed by atoms with Crippen LogP contribution in [-0.2, 0) is 0 Å². The van der Waals surface area contributed by atoms with Crippen LogP contribution in [0.4, 0.5) is 5.82 Å². The maximum absolute atomic E-state index is 5.77. The van der Waals surface area contributed by atoms with E-state index in [4.69, 9.17) is 22.1 Å². The Morgan fingerprint density at radius 2 is 2.13 bits per heavy atom. The van der Waals surface area contributed by atoms with E-state index < -0.39 is 0 Å². The second-order valence-electron chi connectivity index (χ2n) is 2.85. The van der Waals surface area contributed by atoms with E-state index in [1.807, 2.05) is 6.07 Å². The summed E-state index contributed by atoms with van der Waals surface area (Å²) < 4.78 is 5.98. The minimum atomic E-state index is 0.119. The molecule has 0 aliphatic carbocycles. The first kappa shape index (κ1) is 10.4. The predicted molar refractivity (Wildman–Crippen MR) is 63.2 cm³/mol. The molecule has 15 heavy (non-hydrogen) atoms. The van der Waals surface area contributed by atoms with Crippen molar-refractivity contribution >= 4 is 44.3 Å². The van der Waals surface area contributed by atoms with Gasteiger partial charge < -0.3 is 10.5 Å². The first-order valence-electron chi connectivity index (χ1n) is 4.08. The normalized spacial score (nSPS) is 10.6. The van der Waals surface area contributed by atoms with Gasteiger partial charge in [0, 0.05) is 4.47 Å². The number of nitrogen functional groups attached to an aromatic ring is 1. The number of anilines is 1. The van der Waals surface area contributed by atoms with E-state index in [0.29, 0.717) is 22.5 Å². The maximum atomic E-state index is 5.77. The minimum Gasteiger partial charge on any atom is -0.496 e. The average molecular weight is 289 g/mol. The van der Waals surface area contributed by atoms with Crippen molar-refractivity contribution < 1.29 is 4.74 Å².